The van der Waals surface area contributed by atoms with Crippen LogP contribution < -0.4 is 15.4 Å². The second-order valence-corrected chi connectivity index (χ2v) is 8.95. The molecule has 35 heavy (non-hydrogen) atoms. The molecule has 182 valence electrons. The molecule has 2 aliphatic rings. The third-order valence-corrected chi connectivity index (χ3v) is 6.37. The number of aromatic nitrogens is 3. The minimum atomic E-state index is -2.78. The Morgan fingerprint density at radius 1 is 1.37 bits per heavy atom. The average Bonchev–Trinajstić information content (AvgIpc) is 3.62. The second kappa shape index (κ2) is 9.95. The van der Waals surface area contributed by atoms with Gasteiger partial charge in [-0.05, 0) is 43.0 Å². The zero-order chi connectivity index (χ0) is 26.9. The van der Waals surface area contributed by atoms with Crippen LogP contribution in [0.15, 0.2) is 43.1 Å². The molecule has 2 fully saturated rings. The third kappa shape index (κ3) is 5.09. The molecule has 5 rings (SSSR count). The first-order valence-corrected chi connectivity index (χ1v) is 11.6. The van der Waals surface area contributed by atoms with Gasteiger partial charge < -0.3 is 20.1 Å². The highest BCUT2D eigenvalue weighted by Crippen LogP contribution is 2.34. The topological polar surface area (TPSA) is 98.3 Å². The van der Waals surface area contributed by atoms with E-state index in [2.05, 4.69) is 27.2 Å². The number of rotatable bonds is 10. The molecule has 1 aliphatic carbocycles. The van der Waals surface area contributed by atoms with E-state index in [4.69, 9.17) is 18.6 Å². The molecule has 0 unspecified atom stereocenters. The maximum Gasteiger partial charge on any atom is 0.223 e. The van der Waals surface area contributed by atoms with Gasteiger partial charge in [-0.3, -0.25) is 4.79 Å². The van der Waals surface area contributed by atoms with Crippen LogP contribution in [0.5, 0.6) is 5.75 Å². The summed E-state index contributed by atoms with van der Waals surface area (Å²) in [6, 6.07) is 5.82. The molecular formula is C26H28FN5O3. The number of fused-ring (bicyclic) bond motifs is 1. The van der Waals surface area contributed by atoms with E-state index in [1.165, 1.54) is 24.3 Å². The Hall–Kier alpha value is -3.59. The smallest absolute Gasteiger partial charge is 0.223 e. The first-order chi connectivity index (χ1) is 18.2. The van der Waals surface area contributed by atoms with Crippen LogP contribution in [0.3, 0.4) is 0 Å². The number of carbonyl (C=O) groups excluding carboxylic acids is 1. The maximum atomic E-state index is 15.3. The number of ketones is 1. The van der Waals surface area contributed by atoms with Crippen LogP contribution in [-0.2, 0) is 9.53 Å². The third-order valence-electron chi connectivity index (χ3n) is 6.37. The van der Waals surface area contributed by atoms with Gasteiger partial charge in [-0.1, -0.05) is 12.6 Å². The molecule has 2 atom stereocenters. The molecule has 1 aromatic carbocycles. The van der Waals surface area contributed by atoms with E-state index in [0.29, 0.717) is 60.5 Å². The van der Waals surface area contributed by atoms with Gasteiger partial charge >= 0.3 is 0 Å². The highest BCUT2D eigenvalue weighted by Gasteiger charge is 2.30. The van der Waals surface area contributed by atoms with Gasteiger partial charge in [0.2, 0.25) is 5.95 Å². The number of ether oxygens (including phenoxy) is 2. The second-order valence-electron chi connectivity index (χ2n) is 8.95. The standard InChI is InChI=1S/C26H28FN5O3/c1-3-18(33)9-17-13-35-14-21(17)31-26-29-12-16-10-20(19-5-4-6-22(34-2)23(19)27)30-25(24(16)32-26)28-11-15-7-8-15/h3-6,10,12,15,17,21H,1,7-9,11,13-14H2,2H3,(H,28,30)(H,29,31,32)/t17-,21+/m0/s1/i2D3. The van der Waals surface area contributed by atoms with Crippen molar-refractivity contribution in [2.24, 2.45) is 11.8 Å². The molecule has 0 amide bonds. The lowest BCUT2D eigenvalue weighted by atomic mass is 9.97. The minimum Gasteiger partial charge on any atom is -0.494 e. The van der Waals surface area contributed by atoms with Crippen LogP contribution >= 0.6 is 0 Å². The van der Waals surface area contributed by atoms with E-state index < -0.39 is 12.9 Å². The van der Waals surface area contributed by atoms with E-state index in [0.717, 1.165) is 12.8 Å². The van der Waals surface area contributed by atoms with Crippen LogP contribution in [0.2, 0.25) is 0 Å². The number of nitrogens with zero attached hydrogens (tertiary/aromatic N) is 3. The molecule has 1 aliphatic heterocycles. The summed E-state index contributed by atoms with van der Waals surface area (Å²) in [6.45, 7) is 5.12. The van der Waals surface area contributed by atoms with E-state index in [1.807, 2.05) is 0 Å². The summed E-state index contributed by atoms with van der Waals surface area (Å²) >= 11 is 0. The summed E-state index contributed by atoms with van der Waals surface area (Å²) < 4.78 is 47.6. The molecule has 1 saturated heterocycles. The molecule has 0 spiro atoms. The van der Waals surface area contributed by atoms with E-state index in [-0.39, 0.29) is 29.1 Å². The number of halogens is 1. The van der Waals surface area contributed by atoms with Gasteiger partial charge in [0, 0.05) is 36.0 Å². The fourth-order valence-corrected chi connectivity index (χ4v) is 4.19. The van der Waals surface area contributed by atoms with Gasteiger partial charge in [0.15, 0.2) is 23.2 Å². The fourth-order valence-electron chi connectivity index (χ4n) is 4.19. The molecule has 2 N–H and O–H groups in total. The summed E-state index contributed by atoms with van der Waals surface area (Å²) in [6.07, 6.45) is 5.52. The van der Waals surface area contributed by atoms with Crippen molar-refractivity contribution in [2.75, 3.05) is 37.4 Å². The number of allylic oxidation sites excluding steroid dienone is 1. The van der Waals surface area contributed by atoms with Crippen LogP contribution in [0, 0.1) is 17.7 Å². The summed E-state index contributed by atoms with van der Waals surface area (Å²) in [5, 5.41) is 7.25. The quantitative estimate of drug-likeness (QED) is 0.416. The summed E-state index contributed by atoms with van der Waals surface area (Å²) in [4.78, 5) is 25.7. The molecule has 3 heterocycles. The molecule has 8 nitrogen and oxygen atoms in total. The van der Waals surface area contributed by atoms with Crippen molar-refractivity contribution >= 4 is 28.5 Å². The normalized spacial score (nSPS) is 21.1. The fraction of sp³-hybridized carbons (Fsp3) is 0.385. The molecule has 2 aromatic heterocycles. The van der Waals surface area contributed by atoms with Crippen LogP contribution in [0.1, 0.15) is 23.4 Å². The molecule has 9 heteroatoms. The van der Waals surface area contributed by atoms with Crippen LogP contribution in [0.4, 0.5) is 16.2 Å². The van der Waals surface area contributed by atoms with E-state index in [1.54, 1.807) is 12.3 Å². The molecular weight excluding hydrogens is 449 g/mol. The van der Waals surface area contributed by atoms with Crippen molar-refractivity contribution in [1.29, 1.82) is 0 Å². The monoisotopic (exact) mass is 480 g/mol. The minimum absolute atomic E-state index is 0.0277. The lowest BCUT2D eigenvalue weighted by Crippen LogP contribution is -2.30. The van der Waals surface area contributed by atoms with Gasteiger partial charge in [0.1, 0.15) is 5.52 Å². The van der Waals surface area contributed by atoms with Gasteiger partial charge in [0.25, 0.3) is 0 Å². The van der Waals surface area contributed by atoms with Crippen LogP contribution in [0.25, 0.3) is 22.2 Å². The van der Waals surface area contributed by atoms with Crippen molar-refractivity contribution in [2.45, 2.75) is 25.3 Å². The highest BCUT2D eigenvalue weighted by molar-refractivity contribution is 5.92. The van der Waals surface area contributed by atoms with Crippen molar-refractivity contribution < 1.29 is 22.8 Å². The van der Waals surface area contributed by atoms with Crippen molar-refractivity contribution in [3.8, 4) is 17.0 Å². The molecule has 0 radical (unpaired) electrons. The maximum absolute atomic E-state index is 15.3. The predicted octanol–water partition coefficient (Wildman–Crippen LogP) is 4.23. The number of nitrogens with one attached hydrogen (secondary N) is 2. The number of benzene rings is 1. The number of methoxy groups -OCH3 is 1. The van der Waals surface area contributed by atoms with E-state index >= 15 is 4.39 Å². The SMILES string of the molecule is [2H]C([2H])([2H])Oc1cccc(-c2cc3cnc(N[C@@H]4COC[C@@H]4CC(=O)C=C)nc3c(NCC3CC3)n2)c1F. The summed E-state index contributed by atoms with van der Waals surface area (Å²) in [5.41, 5.74) is 0.948. The van der Waals surface area contributed by atoms with Gasteiger partial charge in [-0.2, -0.15) is 0 Å². The largest absolute Gasteiger partial charge is 0.494 e. The Morgan fingerprint density at radius 3 is 3.06 bits per heavy atom. The Balaban J connectivity index is 1.48. The van der Waals surface area contributed by atoms with Crippen molar-refractivity contribution in [1.82, 2.24) is 15.0 Å². The lowest BCUT2D eigenvalue weighted by molar-refractivity contribution is -0.115. The number of hydrogen-bond acceptors (Lipinski definition) is 8. The van der Waals surface area contributed by atoms with Gasteiger partial charge in [-0.25, -0.2) is 19.3 Å². The Labute approximate surface area is 207 Å². The number of pyridine rings is 1. The zero-order valence-corrected chi connectivity index (χ0v) is 19.1. The average molecular weight is 481 g/mol. The lowest BCUT2D eigenvalue weighted by Gasteiger charge is -2.18. The van der Waals surface area contributed by atoms with Crippen molar-refractivity contribution in [3.63, 3.8) is 0 Å². The van der Waals surface area contributed by atoms with Gasteiger partial charge in [-0.15, -0.1) is 0 Å². The summed E-state index contributed by atoms with van der Waals surface area (Å²) in [5.74, 6) is 0.113. The molecule has 1 saturated carbocycles. The van der Waals surface area contributed by atoms with Crippen LogP contribution in [-0.4, -0.2) is 53.6 Å². The highest BCUT2D eigenvalue weighted by atomic mass is 19.1. The number of carbonyl (C=O) groups is 1. The van der Waals surface area contributed by atoms with Gasteiger partial charge in [0.05, 0.1) is 36.1 Å². The Bertz CT molecular complexity index is 1370. The number of hydrogen-bond donors (Lipinski definition) is 2. The van der Waals surface area contributed by atoms with E-state index in [9.17, 15) is 4.79 Å². The Kier molecular flexibility index (Phi) is 5.60. The molecule has 3 aromatic rings. The summed E-state index contributed by atoms with van der Waals surface area (Å²) in [7, 11) is -2.78. The van der Waals surface area contributed by atoms with Crippen molar-refractivity contribution in [3.05, 3.63) is 48.9 Å². The first-order valence-electron chi connectivity index (χ1n) is 13.1. The predicted molar refractivity (Wildman–Crippen MR) is 132 cm³/mol. The zero-order valence-electron chi connectivity index (χ0n) is 22.1. The Morgan fingerprint density at radius 2 is 2.26 bits per heavy atom. The first kappa shape index (κ1) is 19.7. The number of anilines is 2. The molecule has 0 bridgehead atoms.